The lowest BCUT2D eigenvalue weighted by atomic mass is 9.49. The zero-order chi connectivity index (χ0) is 18.4. The van der Waals surface area contributed by atoms with Crippen molar-refractivity contribution in [1.82, 2.24) is 0 Å². The molecule has 0 unspecified atom stereocenters. The van der Waals surface area contributed by atoms with E-state index in [1.165, 1.54) is 19.3 Å². The highest BCUT2D eigenvalue weighted by Crippen LogP contribution is 2.60. The van der Waals surface area contributed by atoms with Crippen LogP contribution in [0.25, 0.3) is 11.1 Å². The molecule has 4 aliphatic rings. The van der Waals surface area contributed by atoms with Crippen molar-refractivity contribution in [3.05, 3.63) is 54.1 Å². The maximum Gasteiger partial charge on any atom is 0.317 e. The maximum absolute atomic E-state index is 13.0. The van der Waals surface area contributed by atoms with Gasteiger partial charge in [-0.3, -0.25) is 4.79 Å². The van der Waals surface area contributed by atoms with Gasteiger partial charge in [0.1, 0.15) is 5.75 Å². The van der Waals surface area contributed by atoms with Crippen molar-refractivity contribution in [2.75, 3.05) is 0 Å². The molecule has 0 amide bonds. The van der Waals surface area contributed by atoms with Crippen LogP contribution in [0.15, 0.2) is 48.5 Å². The maximum atomic E-state index is 13.0. The highest BCUT2D eigenvalue weighted by atomic mass is 16.5. The van der Waals surface area contributed by atoms with Gasteiger partial charge in [-0.1, -0.05) is 24.3 Å². The summed E-state index contributed by atoms with van der Waals surface area (Å²) in [6.07, 6.45) is 7.06. The van der Waals surface area contributed by atoms with Crippen LogP contribution in [0.1, 0.15) is 44.1 Å². The van der Waals surface area contributed by atoms with Crippen LogP contribution in [0.5, 0.6) is 5.75 Å². The average Bonchev–Trinajstić information content (AvgIpc) is 2.68. The average molecular weight is 357 g/mol. The SMILES string of the molecule is N#Cc1ccc(-c2ccc(OC(=O)C34CC5CC(CC(C5)C3)C4)cc2)cc1. The van der Waals surface area contributed by atoms with Crippen LogP contribution in [-0.2, 0) is 4.79 Å². The minimum Gasteiger partial charge on any atom is -0.426 e. The Morgan fingerprint density at radius 1 is 0.852 bits per heavy atom. The second-order valence-corrected chi connectivity index (χ2v) is 8.80. The number of carbonyl (C=O) groups is 1. The van der Waals surface area contributed by atoms with Gasteiger partial charge >= 0.3 is 5.97 Å². The van der Waals surface area contributed by atoms with Gasteiger partial charge in [0.2, 0.25) is 0 Å². The van der Waals surface area contributed by atoms with E-state index < -0.39 is 0 Å². The molecule has 2 aromatic rings. The van der Waals surface area contributed by atoms with Gasteiger partial charge in [-0.05, 0) is 91.7 Å². The van der Waals surface area contributed by atoms with Crippen LogP contribution in [0, 0.1) is 34.5 Å². The number of ether oxygens (including phenoxy) is 1. The topological polar surface area (TPSA) is 50.1 Å². The molecule has 0 radical (unpaired) electrons. The number of hydrogen-bond donors (Lipinski definition) is 0. The summed E-state index contributed by atoms with van der Waals surface area (Å²) in [7, 11) is 0. The van der Waals surface area contributed by atoms with E-state index >= 15 is 0 Å². The minimum atomic E-state index is -0.222. The Morgan fingerprint density at radius 3 is 1.81 bits per heavy atom. The van der Waals surface area contributed by atoms with Gasteiger partial charge in [-0.15, -0.1) is 0 Å². The van der Waals surface area contributed by atoms with E-state index in [9.17, 15) is 4.79 Å². The number of nitriles is 1. The van der Waals surface area contributed by atoms with Crippen molar-refractivity contribution in [2.24, 2.45) is 23.2 Å². The van der Waals surface area contributed by atoms with Crippen LogP contribution in [0.2, 0.25) is 0 Å². The van der Waals surface area contributed by atoms with Crippen molar-refractivity contribution in [2.45, 2.75) is 38.5 Å². The summed E-state index contributed by atoms with van der Waals surface area (Å²) in [5, 5.41) is 8.91. The van der Waals surface area contributed by atoms with Crippen molar-refractivity contribution < 1.29 is 9.53 Å². The van der Waals surface area contributed by atoms with E-state index in [-0.39, 0.29) is 11.4 Å². The normalized spacial score (nSPS) is 30.7. The van der Waals surface area contributed by atoms with E-state index in [1.807, 2.05) is 48.5 Å². The predicted octanol–water partition coefficient (Wildman–Crippen LogP) is 5.35. The monoisotopic (exact) mass is 357 g/mol. The molecule has 4 aliphatic carbocycles. The Bertz CT molecular complexity index is 870. The van der Waals surface area contributed by atoms with Crippen molar-refractivity contribution in [1.29, 1.82) is 5.26 Å². The van der Waals surface area contributed by atoms with E-state index in [1.54, 1.807) is 0 Å². The molecule has 0 heterocycles. The Hall–Kier alpha value is -2.60. The number of benzene rings is 2. The molecule has 6 rings (SSSR count). The number of hydrogen-bond acceptors (Lipinski definition) is 3. The van der Waals surface area contributed by atoms with Crippen molar-refractivity contribution in [3.63, 3.8) is 0 Å². The molecule has 0 N–H and O–H groups in total. The molecule has 2 aromatic carbocycles. The first-order valence-electron chi connectivity index (χ1n) is 9.96. The van der Waals surface area contributed by atoms with Gasteiger partial charge in [0.05, 0.1) is 17.0 Å². The molecule has 0 aromatic heterocycles. The molecule has 0 atom stereocenters. The molecule has 3 heteroatoms. The predicted molar refractivity (Wildman–Crippen MR) is 103 cm³/mol. The first-order chi connectivity index (χ1) is 13.1. The molecule has 0 aliphatic heterocycles. The Balaban J connectivity index is 1.31. The first-order valence-corrected chi connectivity index (χ1v) is 9.96. The zero-order valence-corrected chi connectivity index (χ0v) is 15.4. The molecule has 4 saturated carbocycles. The van der Waals surface area contributed by atoms with Crippen LogP contribution >= 0.6 is 0 Å². The van der Waals surface area contributed by atoms with Gasteiger partial charge in [0.15, 0.2) is 0 Å². The lowest BCUT2D eigenvalue weighted by Gasteiger charge is -2.55. The van der Waals surface area contributed by atoms with E-state index in [0.717, 1.165) is 48.1 Å². The minimum absolute atomic E-state index is 0.00674. The molecule has 0 spiro atoms. The highest BCUT2D eigenvalue weighted by molar-refractivity contribution is 5.80. The van der Waals surface area contributed by atoms with Crippen LogP contribution in [-0.4, -0.2) is 5.97 Å². The molecule has 3 nitrogen and oxygen atoms in total. The summed E-state index contributed by atoms with van der Waals surface area (Å²) in [6.45, 7) is 0. The van der Waals surface area contributed by atoms with Crippen LogP contribution in [0.4, 0.5) is 0 Å². The molecule has 4 bridgehead atoms. The molecule has 136 valence electrons. The second-order valence-electron chi connectivity index (χ2n) is 8.80. The van der Waals surface area contributed by atoms with Crippen LogP contribution < -0.4 is 4.74 Å². The fraction of sp³-hybridized carbons (Fsp3) is 0.417. The van der Waals surface area contributed by atoms with Gasteiger partial charge in [-0.25, -0.2) is 0 Å². The summed E-state index contributed by atoms with van der Waals surface area (Å²) >= 11 is 0. The molecule has 27 heavy (non-hydrogen) atoms. The van der Waals surface area contributed by atoms with Gasteiger partial charge < -0.3 is 4.74 Å². The van der Waals surface area contributed by atoms with Crippen LogP contribution in [0.3, 0.4) is 0 Å². The quantitative estimate of drug-likeness (QED) is 0.550. The highest BCUT2D eigenvalue weighted by Gasteiger charge is 2.55. The smallest absolute Gasteiger partial charge is 0.317 e. The van der Waals surface area contributed by atoms with Crippen molar-refractivity contribution in [3.8, 4) is 22.9 Å². The largest absolute Gasteiger partial charge is 0.426 e. The zero-order valence-electron chi connectivity index (χ0n) is 15.4. The lowest BCUT2D eigenvalue weighted by molar-refractivity contribution is -0.161. The van der Waals surface area contributed by atoms with E-state index in [4.69, 9.17) is 10.00 Å². The van der Waals surface area contributed by atoms with Gasteiger partial charge in [0.25, 0.3) is 0 Å². The summed E-state index contributed by atoms with van der Waals surface area (Å²) in [4.78, 5) is 13.0. The summed E-state index contributed by atoms with van der Waals surface area (Å²) in [6, 6.07) is 17.4. The lowest BCUT2D eigenvalue weighted by Crippen LogP contribution is -2.51. The summed E-state index contributed by atoms with van der Waals surface area (Å²) in [5.74, 6) is 2.84. The number of nitrogens with zero attached hydrogens (tertiary/aromatic N) is 1. The third-order valence-electron chi connectivity index (χ3n) is 6.88. The number of carbonyl (C=O) groups excluding carboxylic acids is 1. The third kappa shape index (κ3) is 2.94. The summed E-state index contributed by atoms with van der Waals surface area (Å²) < 4.78 is 5.84. The van der Waals surface area contributed by atoms with E-state index in [2.05, 4.69) is 6.07 Å². The first kappa shape index (κ1) is 16.6. The van der Waals surface area contributed by atoms with Gasteiger partial charge in [-0.2, -0.15) is 5.26 Å². The van der Waals surface area contributed by atoms with E-state index in [0.29, 0.717) is 11.3 Å². The fourth-order valence-electron chi connectivity index (χ4n) is 6.03. The van der Waals surface area contributed by atoms with Crippen molar-refractivity contribution >= 4 is 5.97 Å². The Labute approximate surface area is 160 Å². The summed E-state index contributed by atoms with van der Waals surface area (Å²) in [5.41, 5.74) is 2.53. The Kier molecular flexibility index (Phi) is 3.82. The third-order valence-corrected chi connectivity index (χ3v) is 6.88. The standard InChI is InChI=1S/C24H23NO2/c25-15-16-1-3-20(4-2-16)21-5-7-22(8-6-21)27-23(26)24-12-17-9-18(13-24)11-19(10-17)14-24/h1-8,17-19H,9-14H2. The fourth-order valence-corrected chi connectivity index (χ4v) is 6.03. The molecular formula is C24H23NO2. The molecule has 0 saturated heterocycles. The second kappa shape index (κ2) is 6.23. The molecular weight excluding hydrogens is 334 g/mol. The Morgan fingerprint density at radius 2 is 1.33 bits per heavy atom. The number of esters is 1. The molecule has 4 fully saturated rings. The van der Waals surface area contributed by atoms with Gasteiger partial charge in [0, 0.05) is 0 Å². The number of rotatable bonds is 3.